The van der Waals surface area contributed by atoms with Gasteiger partial charge in [-0.3, -0.25) is 9.69 Å². The standard InChI is InChI=1S/C25H30N2O4S/c1-4-18-15-20(10-9-19(18)16-27-12-5-7-22(27)25(28)29-3)30-13-11-21-17(2)31-24(26-21)23-8-6-14-32-23/h6,8-10,14-15,22H,4-5,7,11-13,16H2,1-3H3. The van der Waals surface area contributed by atoms with Crippen LogP contribution >= 0.6 is 11.3 Å². The Labute approximate surface area is 193 Å². The summed E-state index contributed by atoms with van der Waals surface area (Å²) in [5.74, 6) is 2.24. The fourth-order valence-electron chi connectivity index (χ4n) is 4.24. The third-order valence-electron chi connectivity index (χ3n) is 6.00. The molecule has 0 aliphatic carbocycles. The predicted octanol–water partition coefficient (Wildman–Crippen LogP) is 5.03. The van der Waals surface area contributed by atoms with Crippen LogP contribution in [-0.4, -0.2) is 42.2 Å². The Morgan fingerprint density at radius 2 is 2.19 bits per heavy atom. The van der Waals surface area contributed by atoms with Gasteiger partial charge in [-0.1, -0.05) is 19.1 Å². The van der Waals surface area contributed by atoms with E-state index in [1.807, 2.05) is 30.5 Å². The van der Waals surface area contributed by atoms with E-state index in [2.05, 4.69) is 28.9 Å². The van der Waals surface area contributed by atoms with E-state index < -0.39 is 0 Å². The zero-order valence-corrected chi connectivity index (χ0v) is 19.7. The number of nitrogens with zero attached hydrogens (tertiary/aromatic N) is 2. The number of esters is 1. The molecule has 3 heterocycles. The van der Waals surface area contributed by atoms with E-state index in [1.165, 1.54) is 18.2 Å². The summed E-state index contributed by atoms with van der Waals surface area (Å²) in [6.07, 6.45) is 3.50. The summed E-state index contributed by atoms with van der Waals surface area (Å²) in [5.41, 5.74) is 3.42. The summed E-state index contributed by atoms with van der Waals surface area (Å²) in [6, 6.07) is 10.1. The highest BCUT2D eigenvalue weighted by Crippen LogP contribution is 2.27. The van der Waals surface area contributed by atoms with Crippen LogP contribution in [0.3, 0.4) is 0 Å². The van der Waals surface area contributed by atoms with Crippen molar-refractivity contribution < 1.29 is 18.7 Å². The van der Waals surface area contributed by atoms with Crippen LogP contribution in [-0.2, 0) is 28.9 Å². The number of aromatic nitrogens is 1. The Kier molecular flexibility index (Phi) is 7.27. The van der Waals surface area contributed by atoms with E-state index in [9.17, 15) is 4.79 Å². The molecule has 1 fully saturated rings. The van der Waals surface area contributed by atoms with Gasteiger partial charge in [-0.15, -0.1) is 11.3 Å². The number of hydrogen-bond acceptors (Lipinski definition) is 7. The van der Waals surface area contributed by atoms with Gasteiger partial charge in [0, 0.05) is 13.0 Å². The number of aryl methyl sites for hydroxylation is 2. The van der Waals surface area contributed by atoms with E-state index in [1.54, 1.807) is 11.3 Å². The number of oxazole rings is 1. The SMILES string of the molecule is CCc1cc(OCCc2nc(-c3cccs3)oc2C)ccc1CN1CCCC1C(=O)OC. The number of likely N-dealkylation sites (tertiary alicyclic amines) is 1. The summed E-state index contributed by atoms with van der Waals surface area (Å²) in [4.78, 5) is 20.0. The van der Waals surface area contributed by atoms with E-state index in [0.29, 0.717) is 18.9 Å². The molecule has 1 saturated heterocycles. The number of hydrogen-bond donors (Lipinski definition) is 0. The summed E-state index contributed by atoms with van der Waals surface area (Å²) in [6.45, 7) is 6.31. The van der Waals surface area contributed by atoms with Gasteiger partial charge in [0.2, 0.25) is 5.89 Å². The lowest BCUT2D eigenvalue weighted by Crippen LogP contribution is -2.36. The van der Waals surface area contributed by atoms with Crippen molar-refractivity contribution in [3.05, 3.63) is 58.3 Å². The van der Waals surface area contributed by atoms with Gasteiger partial charge < -0.3 is 13.9 Å². The first-order valence-corrected chi connectivity index (χ1v) is 12.0. The maximum atomic E-state index is 12.1. The van der Waals surface area contributed by atoms with Crippen molar-refractivity contribution in [2.24, 2.45) is 0 Å². The molecule has 1 atom stereocenters. The molecule has 0 spiro atoms. The second kappa shape index (κ2) is 10.3. The zero-order valence-electron chi connectivity index (χ0n) is 18.9. The Hall–Kier alpha value is -2.64. The minimum atomic E-state index is -0.134. The molecule has 4 rings (SSSR count). The second-order valence-corrected chi connectivity index (χ2v) is 8.98. The lowest BCUT2D eigenvalue weighted by molar-refractivity contribution is -0.146. The minimum Gasteiger partial charge on any atom is -0.493 e. The second-order valence-electron chi connectivity index (χ2n) is 8.03. The van der Waals surface area contributed by atoms with Crippen molar-refractivity contribution in [2.75, 3.05) is 20.3 Å². The van der Waals surface area contributed by atoms with Gasteiger partial charge in [-0.2, -0.15) is 0 Å². The van der Waals surface area contributed by atoms with Gasteiger partial charge >= 0.3 is 5.97 Å². The molecule has 0 bridgehead atoms. The first-order valence-electron chi connectivity index (χ1n) is 11.2. The Morgan fingerprint density at radius 3 is 2.94 bits per heavy atom. The summed E-state index contributed by atoms with van der Waals surface area (Å²) in [5, 5.41) is 2.02. The highest BCUT2D eigenvalue weighted by Gasteiger charge is 2.31. The number of carbonyl (C=O) groups excluding carboxylic acids is 1. The van der Waals surface area contributed by atoms with Crippen molar-refractivity contribution in [1.29, 1.82) is 0 Å². The van der Waals surface area contributed by atoms with Crippen molar-refractivity contribution in [1.82, 2.24) is 9.88 Å². The molecule has 3 aromatic rings. The van der Waals surface area contributed by atoms with Crippen LogP contribution in [0.4, 0.5) is 0 Å². The van der Waals surface area contributed by atoms with Crippen LogP contribution < -0.4 is 4.74 Å². The molecule has 0 saturated carbocycles. The largest absolute Gasteiger partial charge is 0.493 e. The Bertz CT molecular complexity index is 1040. The Morgan fingerprint density at radius 1 is 1.31 bits per heavy atom. The van der Waals surface area contributed by atoms with Crippen molar-refractivity contribution in [3.63, 3.8) is 0 Å². The highest BCUT2D eigenvalue weighted by atomic mass is 32.1. The van der Waals surface area contributed by atoms with E-state index in [4.69, 9.17) is 13.9 Å². The molecule has 1 aliphatic rings. The summed E-state index contributed by atoms with van der Waals surface area (Å²) in [7, 11) is 1.46. The van der Waals surface area contributed by atoms with Crippen molar-refractivity contribution in [3.8, 4) is 16.5 Å². The molecule has 2 aromatic heterocycles. The van der Waals surface area contributed by atoms with Crippen LogP contribution in [0.15, 0.2) is 40.1 Å². The maximum Gasteiger partial charge on any atom is 0.323 e. The minimum absolute atomic E-state index is 0.133. The fourth-order valence-corrected chi connectivity index (χ4v) is 4.89. The van der Waals surface area contributed by atoms with Gasteiger partial charge in [0.1, 0.15) is 17.6 Å². The normalized spacial score (nSPS) is 16.4. The van der Waals surface area contributed by atoms with Gasteiger partial charge in [-0.05, 0) is 67.4 Å². The third kappa shape index (κ3) is 5.05. The number of methoxy groups -OCH3 is 1. The van der Waals surface area contributed by atoms with Crippen LogP contribution in [0, 0.1) is 6.92 Å². The Balaban J connectivity index is 1.37. The molecule has 1 unspecified atom stereocenters. The fraction of sp³-hybridized carbons (Fsp3) is 0.440. The lowest BCUT2D eigenvalue weighted by Gasteiger charge is -2.23. The number of rotatable bonds is 9. The van der Waals surface area contributed by atoms with Gasteiger partial charge in [0.15, 0.2) is 0 Å². The van der Waals surface area contributed by atoms with Crippen molar-refractivity contribution >= 4 is 17.3 Å². The summed E-state index contributed by atoms with van der Waals surface area (Å²) >= 11 is 1.62. The molecule has 170 valence electrons. The molecule has 0 radical (unpaired) electrons. The average molecular weight is 455 g/mol. The topological polar surface area (TPSA) is 64.8 Å². The zero-order chi connectivity index (χ0) is 22.5. The van der Waals surface area contributed by atoms with E-state index >= 15 is 0 Å². The van der Waals surface area contributed by atoms with Gasteiger partial charge in [-0.25, -0.2) is 4.98 Å². The molecule has 1 aromatic carbocycles. The number of thiophene rings is 1. The molecule has 6 nitrogen and oxygen atoms in total. The third-order valence-corrected chi connectivity index (χ3v) is 6.86. The molecule has 0 N–H and O–H groups in total. The number of carbonyl (C=O) groups is 1. The molecule has 1 aliphatic heterocycles. The first-order chi connectivity index (χ1) is 15.6. The molecule has 7 heteroatoms. The molecule has 32 heavy (non-hydrogen) atoms. The smallest absolute Gasteiger partial charge is 0.323 e. The predicted molar refractivity (Wildman–Crippen MR) is 125 cm³/mol. The molecule has 0 amide bonds. The summed E-state index contributed by atoms with van der Waals surface area (Å²) < 4.78 is 16.8. The van der Waals surface area contributed by atoms with Crippen LogP contribution in [0.25, 0.3) is 10.8 Å². The molecular weight excluding hydrogens is 424 g/mol. The van der Waals surface area contributed by atoms with Gasteiger partial charge in [0.25, 0.3) is 0 Å². The average Bonchev–Trinajstić information content (AvgIpc) is 3.56. The highest BCUT2D eigenvalue weighted by molar-refractivity contribution is 7.13. The van der Waals surface area contributed by atoms with E-state index in [0.717, 1.165) is 54.4 Å². The number of ether oxygens (including phenoxy) is 2. The molecular formula is C25H30N2O4S. The number of benzene rings is 1. The van der Waals surface area contributed by atoms with Crippen molar-refractivity contribution in [2.45, 2.75) is 52.1 Å². The van der Waals surface area contributed by atoms with Crippen LogP contribution in [0.1, 0.15) is 42.3 Å². The first kappa shape index (κ1) is 22.6. The maximum absolute atomic E-state index is 12.1. The monoisotopic (exact) mass is 454 g/mol. The quantitative estimate of drug-likeness (QED) is 0.423. The lowest BCUT2D eigenvalue weighted by atomic mass is 10.0. The van der Waals surface area contributed by atoms with Crippen LogP contribution in [0.2, 0.25) is 0 Å². The van der Waals surface area contributed by atoms with Gasteiger partial charge in [0.05, 0.1) is 24.3 Å². The van der Waals surface area contributed by atoms with E-state index in [-0.39, 0.29) is 12.0 Å². The van der Waals surface area contributed by atoms with Crippen LogP contribution in [0.5, 0.6) is 5.75 Å².